The van der Waals surface area contributed by atoms with E-state index in [9.17, 15) is 10.2 Å². The lowest BCUT2D eigenvalue weighted by Crippen LogP contribution is -2.47. The van der Waals surface area contributed by atoms with E-state index in [0.717, 1.165) is 23.7 Å². The van der Waals surface area contributed by atoms with Crippen LogP contribution in [0.5, 0.6) is 0 Å². The second-order valence-corrected chi connectivity index (χ2v) is 6.04. The molecule has 3 saturated carbocycles. The third kappa shape index (κ3) is 1.45. The van der Waals surface area contributed by atoms with Crippen LogP contribution in [0.3, 0.4) is 0 Å². The van der Waals surface area contributed by atoms with E-state index in [1.807, 2.05) is 0 Å². The van der Waals surface area contributed by atoms with Crippen molar-refractivity contribution in [3.8, 4) is 0 Å². The summed E-state index contributed by atoms with van der Waals surface area (Å²) in [7, 11) is 0. The zero-order chi connectivity index (χ0) is 10.4. The Morgan fingerprint density at radius 1 is 0.867 bits per heavy atom. The summed E-state index contributed by atoms with van der Waals surface area (Å²) in [5, 5.41) is 18.6. The van der Waals surface area contributed by atoms with Gasteiger partial charge in [-0.25, -0.2) is 0 Å². The lowest BCUT2D eigenvalue weighted by atomic mass is 9.53. The molecule has 3 rings (SSSR count). The highest BCUT2D eigenvalue weighted by molar-refractivity contribution is 5.01. The number of hydrogen-bond acceptors (Lipinski definition) is 2. The molecular weight excluding hydrogens is 188 g/mol. The molecule has 0 radical (unpaired) electrons. The fourth-order valence-electron chi connectivity index (χ4n) is 4.75. The first-order chi connectivity index (χ1) is 7.33. The molecule has 0 saturated heterocycles. The van der Waals surface area contributed by atoms with Gasteiger partial charge in [-0.05, 0) is 67.6 Å². The summed E-state index contributed by atoms with van der Waals surface area (Å²) in [4.78, 5) is 0. The molecule has 2 nitrogen and oxygen atoms in total. The first kappa shape index (κ1) is 10.1. The molecule has 2 heteroatoms. The van der Waals surface area contributed by atoms with E-state index < -0.39 is 0 Å². The summed E-state index contributed by atoms with van der Waals surface area (Å²) in [6.07, 6.45) is 6.54. The van der Waals surface area contributed by atoms with Gasteiger partial charge in [0.15, 0.2) is 0 Å². The van der Waals surface area contributed by atoms with Crippen molar-refractivity contribution in [1.82, 2.24) is 0 Å². The average Bonchev–Trinajstić information content (AvgIpc) is 2.60. The standard InChI is InChI=1S/C13H22O2/c14-6-8-3-9-1-2-10-5-11(7-15)13(10)12(9)4-8/h8-15H,1-7H2/t8?,9?,10?,11?,12?,13-/m0/s1. The van der Waals surface area contributed by atoms with E-state index in [0.29, 0.717) is 25.0 Å². The molecule has 3 fully saturated rings. The normalized spacial score (nSPS) is 53.2. The van der Waals surface area contributed by atoms with Crippen molar-refractivity contribution in [1.29, 1.82) is 0 Å². The summed E-state index contributed by atoms with van der Waals surface area (Å²) in [5.74, 6) is 4.61. The van der Waals surface area contributed by atoms with Crippen LogP contribution in [0, 0.1) is 35.5 Å². The lowest BCUT2D eigenvalue weighted by Gasteiger charge is -2.53. The van der Waals surface area contributed by atoms with Crippen molar-refractivity contribution in [2.45, 2.75) is 32.1 Å². The summed E-state index contributed by atoms with van der Waals surface area (Å²) in [6.45, 7) is 0.780. The maximum absolute atomic E-state index is 9.32. The van der Waals surface area contributed by atoms with Gasteiger partial charge >= 0.3 is 0 Å². The predicted octanol–water partition coefficient (Wildman–Crippen LogP) is 1.66. The number of fused-ring (bicyclic) bond motifs is 3. The molecule has 0 spiro atoms. The van der Waals surface area contributed by atoms with Gasteiger partial charge in [0.2, 0.25) is 0 Å². The summed E-state index contributed by atoms with van der Waals surface area (Å²) in [6, 6.07) is 0. The molecule has 3 aliphatic carbocycles. The molecule has 0 aromatic rings. The van der Waals surface area contributed by atoms with Gasteiger partial charge < -0.3 is 10.2 Å². The quantitative estimate of drug-likeness (QED) is 0.727. The summed E-state index contributed by atoms with van der Waals surface area (Å²) < 4.78 is 0. The largest absolute Gasteiger partial charge is 0.396 e. The van der Waals surface area contributed by atoms with E-state index in [1.54, 1.807) is 0 Å². The van der Waals surface area contributed by atoms with Crippen molar-refractivity contribution < 1.29 is 10.2 Å². The fraction of sp³-hybridized carbons (Fsp3) is 1.00. The topological polar surface area (TPSA) is 40.5 Å². The molecular formula is C13H22O2. The van der Waals surface area contributed by atoms with Crippen LogP contribution >= 0.6 is 0 Å². The fourth-order valence-corrected chi connectivity index (χ4v) is 4.75. The highest BCUT2D eigenvalue weighted by atomic mass is 16.3. The van der Waals surface area contributed by atoms with Gasteiger partial charge in [0.1, 0.15) is 0 Å². The van der Waals surface area contributed by atoms with E-state index in [2.05, 4.69) is 0 Å². The summed E-state index contributed by atoms with van der Waals surface area (Å²) in [5.41, 5.74) is 0. The van der Waals surface area contributed by atoms with Gasteiger partial charge in [-0.3, -0.25) is 0 Å². The van der Waals surface area contributed by atoms with Gasteiger partial charge in [-0.2, -0.15) is 0 Å². The van der Waals surface area contributed by atoms with Crippen molar-refractivity contribution in [3.05, 3.63) is 0 Å². The average molecular weight is 210 g/mol. The number of rotatable bonds is 2. The lowest BCUT2D eigenvalue weighted by molar-refractivity contribution is -0.0619. The van der Waals surface area contributed by atoms with Gasteiger partial charge in [0, 0.05) is 13.2 Å². The van der Waals surface area contributed by atoms with Crippen LogP contribution < -0.4 is 0 Å². The van der Waals surface area contributed by atoms with E-state index >= 15 is 0 Å². The minimum absolute atomic E-state index is 0.383. The van der Waals surface area contributed by atoms with Crippen LogP contribution in [-0.4, -0.2) is 23.4 Å². The Morgan fingerprint density at radius 3 is 2.40 bits per heavy atom. The third-order valence-electron chi connectivity index (χ3n) is 5.44. The second kappa shape index (κ2) is 3.74. The maximum atomic E-state index is 9.32. The van der Waals surface area contributed by atoms with Crippen LogP contribution in [0.2, 0.25) is 0 Å². The van der Waals surface area contributed by atoms with Crippen molar-refractivity contribution in [2.75, 3.05) is 13.2 Å². The molecule has 86 valence electrons. The Morgan fingerprint density at radius 2 is 1.67 bits per heavy atom. The molecule has 2 N–H and O–H groups in total. The summed E-state index contributed by atoms with van der Waals surface area (Å²) >= 11 is 0. The smallest absolute Gasteiger partial charge is 0.0462 e. The van der Waals surface area contributed by atoms with Gasteiger partial charge in [-0.1, -0.05) is 0 Å². The van der Waals surface area contributed by atoms with Crippen molar-refractivity contribution >= 4 is 0 Å². The number of aliphatic hydroxyl groups is 2. The molecule has 6 atom stereocenters. The van der Waals surface area contributed by atoms with Crippen LogP contribution in [0.25, 0.3) is 0 Å². The van der Waals surface area contributed by atoms with Crippen molar-refractivity contribution in [3.63, 3.8) is 0 Å². The first-order valence-corrected chi connectivity index (χ1v) is 6.55. The van der Waals surface area contributed by atoms with E-state index in [-0.39, 0.29) is 0 Å². The van der Waals surface area contributed by atoms with Crippen LogP contribution in [0.4, 0.5) is 0 Å². The monoisotopic (exact) mass is 210 g/mol. The minimum atomic E-state index is 0.383. The number of hydrogen-bond donors (Lipinski definition) is 2. The molecule has 0 amide bonds. The Bertz CT molecular complexity index is 237. The SMILES string of the molecule is OCC1CC2CCC3CC(CO)[C@H]3C2C1. The van der Waals surface area contributed by atoms with Crippen LogP contribution in [0.15, 0.2) is 0 Å². The molecule has 3 aliphatic rings. The Hall–Kier alpha value is -0.0800. The molecule has 0 bridgehead atoms. The van der Waals surface area contributed by atoms with E-state index in [1.165, 1.54) is 32.1 Å². The zero-order valence-corrected chi connectivity index (χ0v) is 9.31. The van der Waals surface area contributed by atoms with Crippen molar-refractivity contribution in [2.24, 2.45) is 35.5 Å². The van der Waals surface area contributed by atoms with Crippen LogP contribution in [-0.2, 0) is 0 Å². The Balaban J connectivity index is 1.72. The molecule has 0 aromatic heterocycles. The van der Waals surface area contributed by atoms with Gasteiger partial charge in [0.05, 0.1) is 0 Å². The molecule has 0 aromatic carbocycles. The van der Waals surface area contributed by atoms with E-state index in [4.69, 9.17) is 0 Å². The molecule has 15 heavy (non-hydrogen) atoms. The molecule has 5 unspecified atom stereocenters. The highest BCUT2D eigenvalue weighted by Crippen LogP contribution is 2.59. The predicted molar refractivity (Wildman–Crippen MR) is 58.2 cm³/mol. The Labute approximate surface area is 91.7 Å². The molecule has 0 aliphatic heterocycles. The zero-order valence-electron chi connectivity index (χ0n) is 9.31. The minimum Gasteiger partial charge on any atom is -0.396 e. The Kier molecular flexibility index (Phi) is 2.52. The second-order valence-electron chi connectivity index (χ2n) is 6.04. The first-order valence-electron chi connectivity index (χ1n) is 6.55. The molecule has 0 heterocycles. The van der Waals surface area contributed by atoms with Gasteiger partial charge in [0.25, 0.3) is 0 Å². The van der Waals surface area contributed by atoms with Gasteiger partial charge in [-0.15, -0.1) is 0 Å². The van der Waals surface area contributed by atoms with Crippen LogP contribution in [0.1, 0.15) is 32.1 Å². The maximum Gasteiger partial charge on any atom is 0.0462 e. The third-order valence-corrected chi connectivity index (χ3v) is 5.44. The number of aliphatic hydroxyl groups excluding tert-OH is 2. The highest BCUT2D eigenvalue weighted by Gasteiger charge is 2.52.